The monoisotopic (exact) mass is 459 g/mol. The van der Waals surface area contributed by atoms with E-state index in [9.17, 15) is 14.4 Å². The summed E-state index contributed by atoms with van der Waals surface area (Å²) in [5.41, 5.74) is 2.63. The number of rotatable bonds is 6. The zero-order valence-corrected chi connectivity index (χ0v) is 18.9. The van der Waals surface area contributed by atoms with Crippen LogP contribution in [-0.2, 0) is 9.53 Å². The molecular weight excluding hydrogens is 438 g/mol. The van der Waals surface area contributed by atoms with Crippen LogP contribution in [0.4, 0.5) is 5.69 Å². The summed E-state index contributed by atoms with van der Waals surface area (Å²) in [5, 5.41) is 9.43. The number of hydrogen-bond donors (Lipinski definition) is 2. The quantitative estimate of drug-likeness (QED) is 0.412. The van der Waals surface area contributed by atoms with Gasteiger partial charge in [-0.1, -0.05) is 36.0 Å². The summed E-state index contributed by atoms with van der Waals surface area (Å²) in [6, 6.07) is 20.3. The number of esters is 1. The van der Waals surface area contributed by atoms with Crippen molar-refractivity contribution in [2.45, 2.75) is 23.6 Å². The zero-order valence-electron chi connectivity index (χ0n) is 18.0. The van der Waals surface area contributed by atoms with Crippen molar-refractivity contribution in [2.75, 3.05) is 11.9 Å². The Bertz CT molecular complexity index is 1400. The third-order valence-corrected chi connectivity index (χ3v) is 6.07. The minimum absolute atomic E-state index is 0.0503. The summed E-state index contributed by atoms with van der Waals surface area (Å²) in [6.45, 7) is 3.69. The number of nitrogens with one attached hydrogen (secondary N) is 2. The lowest BCUT2D eigenvalue weighted by Gasteiger charge is -2.09. The molecule has 0 radical (unpaired) electrons. The Morgan fingerprint density at radius 1 is 0.939 bits per heavy atom. The van der Waals surface area contributed by atoms with Crippen molar-refractivity contribution in [3.05, 3.63) is 93.9 Å². The molecule has 3 aromatic carbocycles. The van der Waals surface area contributed by atoms with E-state index in [2.05, 4.69) is 47.6 Å². The summed E-state index contributed by atoms with van der Waals surface area (Å²) in [7, 11) is 0. The smallest absolute Gasteiger partial charge is 0.359 e. The minimum Gasteiger partial charge on any atom is -0.451 e. The summed E-state index contributed by atoms with van der Waals surface area (Å²) >= 11 is 1.64. The lowest BCUT2D eigenvalue weighted by atomic mass is 10.1. The van der Waals surface area contributed by atoms with E-state index < -0.39 is 24.0 Å². The van der Waals surface area contributed by atoms with Crippen molar-refractivity contribution in [1.82, 2.24) is 10.2 Å². The molecule has 4 aromatic rings. The summed E-state index contributed by atoms with van der Waals surface area (Å²) in [4.78, 5) is 38.7. The van der Waals surface area contributed by atoms with Crippen LogP contribution in [0.15, 0.2) is 81.3 Å². The van der Waals surface area contributed by atoms with Crippen LogP contribution in [0, 0.1) is 13.8 Å². The van der Waals surface area contributed by atoms with Gasteiger partial charge in [-0.2, -0.15) is 5.10 Å². The van der Waals surface area contributed by atoms with E-state index in [4.69, 9.17) is 4.74 Å². The second-order valence-corrected chi connectivity index (χ2v) is 8.59. The Labute approximate surface area is 194 Å². The molecule has 166 valence electrons. The first-order chi connectivity index (χ1) is 15.9. The predicted molar refractivity (Wildman–Crippen MR) is 128 cm³/mol. The average molecular weight is 460 g/mol. The molecule has 0 saturated carbocycles. The minimum atomic E-state index is -0.794. The van der Waals surface area contributed by atoms with E-state index >= 15 is 0 Å². The number of hydrogen-bond acceptors (Lipinski definition) is 6. The number of anilines is 1. The van der Waals surface area contributed by atoms with Crippen LogP contribution in [0.5, 0.6) is 0 Å². The van der Waals surface area contributed by atoms with Gasteiger partial charge in [0.05, 0.1) is 5.39 Å². The van der Waals surface area contributed by atoms with Gasteiger partial charge < -0.3 is 10.1 Å². The summed E-state index contributed by atoms with van der Waals surface area (Å²) in [6.07, 6.45) is 0. The fraction of sp³-hybridized carbons (Fsp3) is 0.120. The number of carbonyl (C=O) groups excluding carboxylic acids is 2. The standard InChI is InChI=1S/C25H21N3O4S/c1-15-7-10-19(13-16(15)2)33-18-11-8-17(9-12-18)26-22(29)14-32-25(31)23-20-5-3-4-6-21(20)24(30)28-27-23/h3-13H,14H2,1-2H3,(H,26,29)(H,28,30). The average Bonchev–Trinajstić information content (AvgIpc) is 2.82. The van der Waals surface area contributed by atoms with Gasteiger partial charge in [0.2, 0.25) is 0 Å². The number of ether oxygens (including phenoxy) is 1. The largest absolute Gasteiger partial charge is 0.451 e. The number of carbonyl (C=O) groups is 2. The molecular formula is C25H21N3O4S. The summed E-state index contributed by atoms with van der Waals surface area (Å²) in [5.74, 6) is -1.27. The van der Waals surface area contributed by atoms with E-state index in [0.29, 0.717) is 16.5 Å². The van der Waals surface area contributed by atoms with Gasteiger partial charge in [-0.15, -0.1) is 0 Å². The van der Waals surface area contributed by atoms with E-state index in [0.717, 1.165) is 9.79 Å². The molecule has 8 heteroatoms. The first-order valence-electron chi connectivity index (χ1n) is 10.2. The van der Waals surface area contributed by atoms with Gasteiger partial charge in [-0.3, -0.25) is 9.59 Å². The number of H-pyrrole nitrogens is 1. The SMILES string of the molecule is Cc1ccc(Sc2ccc(NC(=O)COC(=O)c3n[nH]c(=O)c4ccccc34)cc2)cc1C. The number of aryl methyl sites for hydroxylation is 2. The molecule has 4 rings (SSSR count). The van der Waals surface area contributed by atoms with Crippen LogP contribution >= 0.6 is 11.8 Å². The highest BCUT2D eigenvalue weighted by atomic mass is 32.2. The molecule has 0 saturated heterocycles. The highest BCUT2D eigenvalue weighted by Crippen LogP contribution is 2.29. The molecule has 0 aliphatic rings. The molecule has 0 aliphatic heterocycles. The lowest BCUT2D eigenvalue weighted by Crippen LogP contribution is -2.22. The van der Waals surface area contributed by atoms with Crippen molar-refractivity contribution in [3.63, 3.8) is 0 Å². The molecule has 1 amide bonds. The molecule has 0 fully saturated rings. The molecule has 1 heterocycles. The van der Waals surface area contributed by atoms with Gasteiger partial charge in [-0.25, -0.2) is 9.89 Å². The summed E-state index contributed by atoms with van der Waals surface area (Å²) < 4.78 is 5.09. The predicted octanol–water partition coefficient (Wildman–Crippen LogP) is 4.49. The van der Waals surface area contributed by atoms with Gasteiger partial charge in [0.15, 0.2) is 12.3 Å². The Kier molecular flexibility index (Phi) is 6.55. The van der Waals surface area contributed by atoms with Crippen LogP contribution in [0.3, 0.4) is 0 Å². The van der Waals surface area contributed by atoms with Gasteiger partial charge in [0.1, 0.15) is 0 Å². The van der Waals surface area contributed by atoms with Crippen LogP contribution in [0.2, 0.25) is 0 Å². The molecule has 0 spiro atoms. The third kappa shape index (κ3) is 5.30. The molecule has 2 N–H and O–H groups in total. The molecule has 33 heavy (non-hydrogen) atoms. The molecule has 7 nitrogen and oxygen atoms in total. The lowest BCUT2D eigenvalue weighted by molar-refractivity contribution is -0.119. The number of aromatic nitrogens is 2. The van der Waals surface area contributed by atoms with Crippen LogP contribution in [-0.4, -0.2) is 28.7 Å². The van der Waals surface area contributed by atoms with E-state index in [-0.39, 0.29) is 5.69 Å². The number of aromatic amines is 1. The number of amides is 1. The van der Waals surface area contributed by atoms with Gasteiger partial charge in [0, 0.05) is 20.9 Å². The van der Waals surface area contributed by atoms with Crippen LogP contribution in [0.1, 0.15) is 21.6 Å². The van der Waals surface area contributed by atoms with Crippen LogP contribution in [0.25, 0.3) is 10.8 Å². The van der Waals surface area contributed by atoms with E-state index in [1.165, 1.54) is 11.1 Å². The van der Waals surface area contributed by atoms with E-state index in [1.807, 2.05) is 12.1 Å². The van der Waals surface area contributed by atoms with Gasteiger partial charge in [0.25, 0.3) is 11.5 Å². The number of nitrogens with zero attached hydrogens (tertiary/aromatic N) is 1. The Morgan fingerprint density at radius 2 is 1.64 bits per heavy atom. The van der Waals surface area contributed by atoms with E-state index in [1.54, 1.807) is 48.2 Å². The van der Waals surface area contributed by atoms with Crippen molar-refractivity contribution in [2.24, 2.45) is 0 Å². The highest BCUT2D eigenvalue weighted by molar-refractivity contribution is 7.99. The third-order valence-electron chi connectivity index (χ3n) is 5.08. The first kappa shape index (κ1) is 22.3. The first-order valence-corrected chi connectivity index (χ1v) is 11.0. The Hall–Kier alpha value is -3.91. The number of fused-ring (bicyclic) bond motifs is 1. The zero-order chi connectivity index (χ0) is 23.4. The fourth-order valence-corrected chi connectivity index (χ4v) is 4.10. The second kappa shape index (κ2) is 9.70. The molecule has 0 bridgehead atoms. The fourth-order valence-electron chi connectivity index (χ4n) is 3.19. The second-order valence-electron chi connectivity index (χ2n) is 7.44. The molecule has 0 aliphatic carbocycles. The molecule has 0 unspecified atom stereocenters. The maximum atomic E-state index is 12.4. The van der Waals surface area contributed by atoms with Crippen LogP contribution < -0.4 is 10.9 Å². The van der Waals surface area contributed by atoms with Gasteiger partial charge in [-0.05, 0) is 67.4 Å². The maximum absolute atomic E-state index is 12.4. The highest BCUT2D eigenvalue weighted by Gasteiger charge is 2.17. The van der Waals surface area contributed by atoms with Crippen molar-refractivity contribution < 1.29 is 14.3 Å². The van der Waals surface area contributed by atoms with Crippen molar-refractivity contribution in [1.29, 1.82) is 0 Å². The van der Waals surface area contributed by atoms with Crippen molar-refractivity contribution >= 4 is 40.1 Å². The number of benzene rings is 3. The normalized spacial score (nSPS) is 10.7. The topological polar surface area (TPSA) is 101 Å². The van der Waals surface area contributed by atoms with Gasteiger partial charge >= 0.3 is 5.97 Å². The Morgan fingerprint density at radius 3 is 2.36 bits per heavy atom. The molecule has 0 atom stereocenters. The van der Waals surface area contributed by atoms with Crippen molar-refractivity contribution in [3.8, 4) is 0 Å². The molecule has 1 aromatic heterocycles. The Balaban J connectivity index is 1.34. The maximum Gasteiger partial charge on any atom is 0.359 e.